The normalized spacial score (nSPS) is 15.5. The summed E-state index contributed by atoms with van der Waals surface area (Å²) in [4.78, 5) is 15.8. The van der Waals surface area contributed by atoms with E-state index in [-0.39, 0.29) is 22.8 Å². The number of nitrogens with zero attached hydrogens (tertiary/aromatic N) is 1. The number of methoxy groups -OCH3 is 1. The Morgan fingerprint density at radius 2 is 2.24 bits per heavy atom. The molecule has 0 fully saturated rings. The van der Waals surface area contributed by atoms with Crippen LogP contribution in [0.25, 0.3) is 0 Å². The van der Waals surface area contributed by atoms with Crippen molar-refractivity contribution in [2.24, 2.45) is 4.99 Å². The molecule has 1 aromatic heterocycles. The summed E-state index contributed by atoms with van der Waals surface area (Å²) in [7, 11) is 1.38. The van der Waals surface area contributed by atoms with Crippen LogP contribution in [0.3, 0.4) is 0 Å². The van der Waals surface area contributed by atoms with Gasteiger partial charge in [-0.1, -0.05) is 0 Å². The Kier molecular flexibility index (Phi) is 2.94. The number of halogens is 3. The lowest BCUT2D eigenvalue weighted by Gasteiger charge is -2.08. The fourth-order valence-electron chi connectivity index (χ4n) is 1.55. The highest BCUT2D eigenvalue weighted by Gasteiger charge is 2.31. The van der Waals surface area contributed by atoms with Crippen LogP contribution in [0.2, 0.25) is 0 Å². The zero-order valence-corrected chi connectivity index (χ0v) is 9.61. The van der Waals surface area contributed by atoms with E-state index in [1.54, 1.807) is 0 Å². The number of carbonyl (C=O) groups excluding carboxylic acids is 1. The quantitative estimate of drug-likeness (QED) is 0.781. The van der Waals surface area contributed by atoms with Gasteiger partial charge in [-0.25, -0.2) is 0 Å². The molecule has 1 aliphatic heterocycles. The lowest BCUT2D eigenvalue weighted by atomic mass is 10.1. The third kappa shape index (κ3) is 2.66. The Hall–Kier alpha value is -1.37. The summed E-state index contributed by atoms with van der Waals surface area (Å²) in [6, 6.07) is 1.27. The number of rotatable bonds is 1. The van der Waals surface area contributed by atoms with Crippen molar-refractivity contribution in [3.8, 4) is 0 Å². The molecule has 1 aromatic rings. The molecule has 0 bridgehead atoms. The second-order valence-electron chi connectivity index (χ2n) is 3.53. The van der Waals surface area contributed by atoms with Gasteiger partial charge in [-0.3, -0.25) is 4.79 Å². The molecule has 2 heterocycles. The van der Waals surface area contributed by atoms with Crippen molar-refractivity contribution < 1.29 is 22.7 Å². The van der Waals surface area contributed by atoms with Gasteiger partial charge in [0.25, 0.3) is 5.91 Å². The fourth-order valence-corrected chi connectivity index (χ4v) is 2.73. The number of hydrogen-bond donors (Lipinski definition) is 0. The van der Waals surface area contributed by atoms with E-state index in [0.29, 0.717) is 4.88 Å². The first-order valence-electron chi connectivity index (χ1n) is 4.73. The number of ether oxygens (including phenoxy) is 1. The number of carbonyl (C=O) groups is 1. The summed E-state index contributed by atoms with van der Waals surface area (Å²) in [6.07, 6.45) is -5.00. The highest BCUT2D eigenvalue weighted by atomic mass is 32.1. The minimum Gasteiger partial charge on any atom is -0.484 e. The lowest BCUT2D eigenvalue weighted by Crippen LogP contribution is -2.15. The van der Waals surface area contributed by atoms with E-state index in [1.165, 1.54) is 13.2 Å². The number of hydrogen-bond acceptors (Lipinski definition) is 3. The number of thiophene rings is 1. The average Bonchev–Trinajstić information content (AvgIpc) is 2.57. The van der Waals surface area contributed by atoms with Crippen molar-refractivity contribution in [1.82, 2.24) is 0 Å². The van der Waals surface area contributed by atoms with Crippen LogP contribution in [0.5, 0.6) is 0 Å². The molecule has 0 radical (unpaired) electrons. The summed E-state index contributed by atoms with van der Waals surface area (Å²) in [5.74, 6) is -0.296. The second kappa shape index (κ2) is 4.14. The van der Waals surface area contributed by atoms with E-state index < -0.39 is 18.5 Å². The van der Waals surface area contributed by atoms with Crippen LogP contribution in [0.15, 0.2) is 11.1 Å². The second-order valence-corrected chi connectivity index (χ2v) is 4.75. The van der Waals surface area contributed by atoms with E-state index >= 15 is 0 Å². The Labute approximate surface area is 98.9 Å². The topological polar surface area (TPSA) is 38.7 Å². The third-order valence-electron chi connectivity index (χ3n) is 2.24. The molecule has 17 heavy (non-hydrogen) atoms. The first kappa shape index (κ1) is 12.1. The van der Waals surface area contributed by atoms with Crippen LogP contribution < -0.4 is 0 Å². The van der Waals surface area contributed by atoms with E-state index in [4.69, 9.17) is 4.74 Å². The maximum Gasteiger partial charge on any atom is 0.393 e. The van der Waals surface area contributed by atoms with Crippen molar-refractivity contribution in [3.63, 3.8) is 0 Å². The first-order valence-corrected chi connectivity index (χ1v) is 5.55. The van der Waals surface area contributed by atoms with Crippen molar-refractivity contribution >= 4 is 23.1 Å². The van der Waals surface area contributed by atoms with Crippen LogP contribution in [-0.2, 0) is 17.6 Å². The lowest BCUT2D eigenvalue weighted by molar-refractivity contribution is -0.126. The Morgan fingerprint density at radius 3 is 2.82 bits per heavy atom. The average molecular weight is 263 g/mol. The Morgan fingerprint density at radius 1 is 1.53 bits per heavy atom. The predicted octanol–water partition coefficient (Wildman–Crippen LogP) is 2.59. The Balaban J connectivity index is 2.27. The predicted molar refractivity (Wildman–Crippen MR) is 56.6 cm³/mol. The van der Waals surface area contributed by atoms with Gasteiger partial charge in [0.15, 0.2) is 5.90 Å². The van der Waals surface area contributed by atoms with Gasteiger partial charge in [-0.05, 0) is 6.07 Å². The summed E-state index contributed by atoms with van der Waals surface area (Å²) in [5.41, 5.74) is 0.259. The van der Waals surface area contributed by atoms with Crippen LogP contribution in [0.1, 0.15) is 20.1 Å². The minimum absolute atomic E-state index is 0.128. The molecule has 0 atom stereocenters. The maximum absolute atomic E-state index is 12.2. The van der Waals surface area contributed by atoms with E-state index in [9.17, 15) is 18.0 Å². The molecule has 7 heteroatoms. The smallest absolute Gasteiger partial charge is 0.393 e. The largest absolute Gasteiger partial charge is 0.484 e. The molecule has 1 aliphatic rings. The van der Waals surface area contributed by atoms with Gasteiger partial charge in [-0.2, -0.15) is 18.2 Å². The molecule has 0 N–H and O–H groups in total. The van der Waals surface area contributed by atoms with Crippen molar-refractivity contribution in [1.29, 1.82) is 0 Å². The SMILES string of the molecule is COC1=NC(=O)c2cc(CC(F)(F)F)sc2C1. The first-order chi connectivity index (χ1) is 7.89. The monoisotopic (exact) mass is 263 g/mol. The van der Waals surface area contributed by atoms with Crippen LogP contribution in [0.4, 0.5) is 13.2 Å². The van der Waals surface area contributed by atoms with E-state index in [2.05, 4.69) is 4.99 Å². The molecule has 0 spiro atoms. The van der Waals surface area contributed by atoms with Gasteiger partial charge in [-0.15, -0.1) is 11.3 Å². The molecule has 0 aromatic carbocycles. The molecule has 92 valence electrons. The number of fused-ring (bicyclic) bond motifs is 1. The van der Waals surface area contributed by atoms with Crippen LogP contribution >= 0.6 is 11.3 Å². The standard InChI is InChI=1S/C10H8F3NO2S/c1-16-8-3-7-6(9(15)14-8)2-5(17-7)4-10(11,12)13/h2H,3-4H2,1H3. The van der Waals surface area contributed by atoms with Crippen LogP contribution in [0, 0.1) is 0 Å². The highest BCUT2D eigenvalue weighted by Crippen LogP contribution is 2.31. The molecule has 3 nitrogen and oxygen atoms in total. The summed E-state index contributed by atoms with van der Waals surface area (Å²) < 4.78 is 41.5. The summed E-state index contributed by atoms with van der Waals surface area (Å²) in [5, 5.41) is 0. The molecule has 0 aliphatic carbocycles. The highest BCUT2D eigenvalue weighted by molar-refractivity contribution is 7.12. The third-order valence-corrected chi connectivity index (χ3v) is 3.37. The minimum atomic E-state index is -4.26. The van der Waals surface area contributed by atoms with E-state index in [0.717, 1.165) is 11.3 Å². The summed E-state index contributed by atoms with van der Waals surface area (Å²) in [6.45, 7) is 0. The number of alkyl halides is 3. The van der Waals surface area contributed by atoms with Gasteiger partial charge in [0.1, 0.15) is 0 Å². The molecular formula is C10H8F3NO2S. The van der Waals surface area contributed by atoms with Gasteiger partial charge >= 0.3 is 6.18 Å². The molecule has 0 saturated heterocycles. The Bertz CT molecular complexity index is 490. The van der Waals surface area contributed by atoms with Gasteiger partial charge in [0.2, 0.25) is 0 Å². The van der Waals surface area contributed by atoms with Crippen molar-refractivity contribution in [3.05, 3.63) is 21.4 Å². The fraction of sp³-hybridized carbons (Fsp3) is 0.400. The molecular weight excluding hydrogens is 255 g/mol. The van der Waals surface area contributed by atoms with Crippen molar-refractivity contribution in [2.75, 3.05) is 7.11 Å². The zero-order chi connectivity index (χ0) is 12.6. The van der Waals surface area contributed by atoms with E-state index in [1.807, 2.05) is 0 Å². The van der Waals surface area contributed by atoms with Gasteiger partial charge < -0.3 is 4.74 Å². The summed E-state index contributed by atoms with van der Waals surface area (Å²) >= 11 is 0.983. The number of amides is 1. The maximum atomic E-state index is 12.2. The van der Waals surface area contributed by atoms with Crippen LogP contribution in [-0.4, -0.2) is 25.1 Å². The molecule has 0 unspecified atom stereocenters. The van der Waals surface area contributed by atoms with Gasteiger partial charge in [0, 0.05) is 9.75 Å². The number of aliphatic imine (C=N–C) groups is 1. The zero-order valence-electron chi connectivity index (χ0n) is 8.80. The molecule has 2 rings (SSSR count). The molecule has 1 amide bonds. The van der Waals surface area contributed by atoms with Gasteiger partial charge in [0.05, 0.1) is 25.5 Å². The molecule has 0 saturated carbocycles. The van der Waals surface area contributed by atoms with Crippen molar-refractivity contribution in [2.45, 2.75) is 19.0 Å².